The smallest absolute Gasteiger partial charge is 0.337 e. The fraction of sp³-hybridized carbons (Fsp3) is 0.179. The van der Waals surface area contributed by atoms with Crippen molar-refractivity contribution in [3.8, 4) is 23.8 Å². The number of carbonyl (C=O) groups is 3. The molecule has 1 spiro atoms. The molecule has 0 saturated carbocycles. The summed E-state index contributed by atoms with van der Waals surface area (Å²) in [6, 6.07) is 16.1. The molecule has 2 aliphatic rings. The summed E-state index contributed by atoms with van der Waals surface area (Å²) in [6.07, 6.45) is 5.87. The van der Waals surface area contributed by atoms with Gasteiger partial charge in [0.25, 0.3) is 0 Å². The molecule has 0 radical (unpaired) electrons. The third-order valence-corrected chi connectivity index (χ3v) is 8.32. The highest BCUT2D eigenvalue weighted by Crippen LogP contribution is 2.55. The van der Waals surface area contributed by atoms with Gasteiger partial charge in [-0.25, -0.2) is 4.79 Å². The van der Waals surface area contributed by atoms with Gasteiger partial charge in [0.05, 0.1) is 18.7 Å². The predicted molar refractivity (Wildman–Crippen MR) is 147 cm³/mol. The molecule has 5 rings (SSSR count). The Kier molecular flexibility index (Phi) is 6.60. The monoisotopic (exact) mass is 626 g/mol. The van der Waals surface area contributed by atoms with E-state index < -0.39 is 17.4 Å². The first-order chi connectivity index (χ1) is 17.8. The first kappa shape index (κ1) is 25.1. The minimum absolute atomic E-state index is 0.159. The number of amides is 2. The minimum atomic E-state index is -1.13. The highest BCUT2D eigenvalue weighted by molar-refractivity contribution is 14.1. The molecule has 7 nitrogen and oxygen atoms in total. The maximum absolute atomic E-state index is 13.7. The van der Waals surface area contributed by atoms with Crippen LogP contribution in [0, 0.1) is 12.3 Å². The molecule has 2 heterocycles. The van der Waals surface area contributed by atoms with Crippen LogP contribution in [-0.4, -0.2) is 28.8 Å². The first-order valence-corrected chi connectivity index (χ1v) is 12.9. The lowest BCUT2D eigenvalue weighted by Crippen LogP contribution is -2.58. The van der Waals surface area contributed by atoms with Crippen molar-refractivity contribution in [3.05, 3.63) is 87.9 Å². The quantitative estimate of drug-likeness (QED) is 0.181. The fourth-order valence-corrected chi connectivity index (χ4v) is 6.50. The normalized spacial score (nSPS) is 22.0. The third kappa shape index (κ3) is 4.22. The van der Waals surface area contributed by atoms with Crippen LogP contribution in [0.25, 0.3) is 0 Å². The first-order valence-electron chi connectivity index (χ1n) is 11.3. The van der Waals surface area contributed by atoms with Gasteiger partial charge < -0.3 is 20.1 Å². The van der Waals surface area contributed by atoms with E-state index in [4.69, 9.17) is 27.5 Å². The van der Waals surface area contributed by atoms with Gasteiger partial charge in [-0.3, -0.25) is 9.59 Å². The number of carbonyl (C=O) groups excluding carboxylic acids is 3. The van der Waals surface area contributed by atoms with Crippen molar-refractivity contribution in [2.45, 2.75) is 21.8 Å². The van der Waals surface area contributed by atoms with E-state index in [1.165, 1.54) is 7.11 Å². The number of ether oxygens (including phenoxy) is 2. The van der Waals surface area contributed by atoms with E-state index in [9.17, 15) is 14.4 Å². The second kappa shape index (κ2) is 9.72. The second-order valence-corrected chi connectivity index (χ2v) is 10.6. The van der Waals surface area contributed by atoms with Crippen LogP contribution in [0.15, 0.2) is 60.7 Å². The van der Waals surface area contributed by atoms with Crippen LogP contribution in [0.1, 0.15) is 39.5 Å². The van der Waals surface area contributed by atoms with E-state index in [-0.39, 0.29) is 22.2 Å². The number of hydrogen-bond acceptors (Lipinski definition) is 5. The molecule has 9 heteroatoms. The van der Waals surface area contributed by atoms with Crippen LogP contribution >= 0.6 is 34.2 Å². The molecule has 2 amide bonds. The zero-order chi connectivity index (χ0) is 26.3. The molecule has 2 N–H and O–H groups in total. The third-order valence-electron chi connectivity index (χ3n) is 6.66. The van der Waals surface area contributed by atoms with Crippen molar-refractivity contribution < 1.29 is 23.9 Å². The topological polar surface area (TPSA) is 93.7 Å². The molecular formula is C28H20ClIN2O5. The number of fused-ring (bicyclic) bond motifs is 2. The summed E-state index contributed by atoms with van der Waals surface area (Å²) in [5.41, 5.74) is 1.72. The Hall–Kier alpha value is -3.55. The maximum Gasteiger partial charge on any atom is 0.337 e. The molecule has 37 heavy (non-hydrogen) atoms. The number of methoxy groups -OCH3 is 1. The lowest BCUT2D eigenvalue weighted by Gasteiger charge is -2.44. The van der Waals surface area contributed by atoms with Gasteiger partial charge in [-0.05, 0) is 60.2 Å². The Morgan fingerprint density at radius 1 is 1.14 bits per heavy atom. The van der Waals surface area contributed by atoms with Crippen molar-refractivity contribution in [2.75, 3.05) is 12.4 Å². The molecule has 1 fully saturated rings. The number of piperidine rings is 1. The van der Waals surface area contributed by atoms with Crippen molar-refractivity contribution in [1.29, 1.82) is 0 Å². The molecule has 0 unspecified atom stereocenters. The number of terminal acetylenes is 1. The van der Waals surface area contributed by atoms with Gasteiger partial charge in [0.2, 0.25) is 11.8 Å². The van der Waals surface area contributed by atoms with E-state index in [2.05, 4.69) is 39.1 Å². The Morgan fingerprint density at radius 2 is 1.89 bits per heavy atom. The van der Waals surface area contributed by atoms with Crippen LogP contribution in [0.4, 0.5) is 5.69 Å². The van der Waals surface area contributed by atoms with Gasteiger partial charge in [-0.1, -0.05) is 46.2 Å². The summed E-state index contributed by atoms with van der Waals surface area (Å²) in [7, 11) is 1.31. The van der Waals surface area contributed by atoms with E-state index >= 15 is 0 Å². The molecule has 3 atom stereocenters. The summed E-state index contributed by atoms with van der Waals surface area (Å²) in [5.74, 6) is 2.59. The van der Waals surface area contributed by atoms with E-state index in [1.54, 1.807) is 54.6 Å². The van der Waals surface area contributed by atoms with Gasteiger partial charge in [0.15, 0.2) is 0 Å². The van der Waals surface area contributed by atoms with Crippen LogP contribution < -0.4 is 15.4 Å². The fourth-order valence-electron chi connectivity index (χ4n) is 4.95. The zero-order valence-electron chi connectivity index (χ0n) is 19.5. The molecule has 2 aliphatic heterocycles. The zero-order valence-corrected chi connectivity index (χ0v) is 22.4. The number of hydrogen-bond donors (Lipinski definition) is 2. The number of alkyl halides is 1. The Balaban J connectivity index is 1.65. The summed E-state index contributed by atoms with van der Waals surface area (Å²) in [5, 5.41) is 6.49. The van der Waals surface area contributed by atoms with Crippen LogP contribution in [0.2, 0.25) is 5.02 Å². The highest BCUT2D eigenvalue weighted by atomic mass is 127. The molecule has 0 bridgehead atoms. The summed E-state index contributed by atoms with van der Waals surface area (Å²) in [6.45, 7) is 0. The van der Waals surface area contributed by atoms with Gasteiger partial charge in [-0.2, -0.15) is 0 Å². The average molecular weight is 627 g/mol. The van der Waals surface area contributed by atoms with Crippen LogP contribution in [0.5, 0.6) is 11.5 Å². The van der Waals surface area contributed by atoms with Gasteiger partial charge in [-0.15, -0.1) is 6.42 Å². The summed E-state index contributed by atoms with van der Waals surface area (Å²) in [4.78, 5) is 38.4. The molecule has 0 aromatic heterocycles. The van der Waals surface area contributed by atoms with Crippen molar-refractivity contribution >= 4 is 57.7 Å². The van der Waals surface area contributed by atoms with Crippen molar-refractivity contribution in [2.24, 2.45) is 0 Å². The number of nitrogens with one attached hydrogen (secondary N) is 2. The van der Waals surface area contributed by atoms with Crippen molar-refractivity contribution in [1.82, 2.24) is 5.32 Å². The van der Waals surface area contributed by atoms with Gasteiger partial charge >= 0.3 is 5.97 Å². The molecule has 186 valence electrons. The van der Waals surface area contributed by atoms with E-state index in [0.717, 1.165) is 5.56 Å². The maximum atomic E-state index is 13.7. The van der Waals surface area contributed by atoms with Gasteiger partial charge in [0, 0.05) is 32.2 Å². The SMILES string of the molecule is C#Cc1ccc(Oc2ccc(C(=O)OC)cc2)c([C@@H]2NC(=O)C[C@@H](I)[C@]23C(=O)Nc2cc(Cl)ccc23)c1. The standard InChI is InChI=1S/C28H20ClIN2O5/c1-3-15-4-11-22(37-18-8-5-16(6-9-18)26(34)36-2)19(12-15)25-28(23(30)14-24(33)32-25)20-10-7-17(29)13-21(20)31-27(28)35/h1,4-13,23,25H,14H2,2H3,(H,31,35)(H,32,33)/t23-,25+,28+/m1/s1. The number of halogens is 2. The molecular weight excluding hydrogens is 607 g/mol. The van der Waals surface area contributed by atoms with E-state index in [0.29, 0.717) is 38.9 Å². The Bertz CT molecular complexity index is 1480. The number of anilines is 1. The van der Waals surface area contributed by atoms with Crippen LogP contribution in [0.3, 0.4) is 0 Å². The second-order valence-electron chi connectivity index (χ2n) is 8.70. The molecule has 3 aromatic rings. The Morgan fingerprint density at radius 3 is 2.59 bits per heavy atom. The Labute approximate surface area is 232 Å². The number of benzene rings is 3. The lowest BCUT2D eigenvalue weighted by molar-refractivity contribution is -0.129. The van der Waals surface area contributed by atoms with E-state index in [1.807, 2.05) is 6.07 Å². The summed E-state index contributed by atoms with van der Waals surface area (Å²) < 4.78 is 10.6. The number of rotatable bonds is 4. The average Bonchev–Trinajstić information content (AvgIpc) is 3.17. The summed E-state index contributed by atoms with van der Waals surface area (Å²) >= 11 is 8.39. The van der Waals surface area contributed by atoms with Crippen molar-refractivity contribution in [3.63, 3.8) is 0 Å². The largest absolute Gasteiger partial charge is 0.465 e. The van der Waals surface area contributed by atoms with Gasteiger partial charge in [0.1, 0.15) is 16.9 Å². The minimum Gasteiger partial charge on any atom is -0.465 e. The predicted octanol–water partition coefficient (Wildman–Crippen LogP) is 5.15. The molecule has 3 aromatic carbocycles. The molecule has 0 aliphatic carbocycles. The lowest BCUT2D eigenvalue weighted by atomic mass is 9.67. The van der Waals surface area contributed by atoms with Crippen LogP contribution in [-0.2, 0) is 19.7 Å². The molecule has 1 saturated heterocycles. The number of esters is 1. The highest BCUT2D eigenvalue weighted by Gasteiger charge is 2.60.